The molecule has 0 unspecified atom stereocenters. The molecule has 22 heavy (non-hydrogen) atoms. The van der Waals surface area contributed by atoms with E-state index in [9.17, 15) is 27.9 Å². The molecule has 1 heterocycles. The third-order valence-electron chi connectivity index (χ3n) is 3.86. The zero-order valence-corrected chi connectivity index (χ0v) is 12.0. The van der Waals surface area contributed by atoms with Crippen LogP contribution in [0, 0.1) is 0 Å². The van der Waals surface area contributed by atoms with Crippen LogP contribution in [0.15, 0.2) is 16.9 Å². The fourth-order valence-electron chi connectivity index (χ4n) is 2.72. The zero-order chi connectivity index (χ0) is 16.5. The highest BCUT2D eigenvalue weighted by Gasteiger charge is 2.35. The highest BCUT2D eigenvalue weighted by atomic mass is 19.4. The number of nitrogens with zero attached hydrogens (tertiary/aromatic N) is 1. The van der Waals surface area contributed by atoms with E-state index < -0.39 is 28.9 Å². The molecular formula is C14H17F3N2O3. The van der Waals surface area contributed by atoms with Crippen LogP contribution < -0.4 is 5.56 Å². The summed E-state index contributed by atoms with van der Waals surface area (Å²) < 4.78 is 37.4. The van der Waals surface area contributed by atoms with Crippen molar-refractivity contribution in [3.63, 3.8) is 0 Å². The molecule has 1 aliphatic carbocycles. The highest BCUT2D eigenvalue weighted by molar-refractivity contribution is 5.93. The quantitative estimate of drug-likeness (QED) is 0.892. The maximum atomic E-state index is 12.5. The summed E-state index contributed by atoms with van der Waals surface area (Å²) in [6.45, 7) is 0.0479. The molecule has 0 atom stereocenters. The largest absolute Gasteiger partial charge is 0.431 e. The molecule has 0 radical (unpaired) electrons. The number of aromatic nitrogens is 1. The Balaban J connectivity index is 2.17. The predicted octanol–water partition coefficient (Wildman–Crippen LogP) is 1.77. The maximum Gasteiger partial charge on any atom is 0.431 e. The van der Waals surface area contributed by atoms with Gasteiger partial charge in [-0.25, -0.2) is 0 Å². The second kappa shape index (κ2) is 5.75. The van der Waals surface area contributed by atoms with Crippen LogP contribution in [0.3, 0.4) is 0 Å². The first-order valence-electron chi connectivity index (χ1n) is 6.91. The van der Waals surface area contributed by atoms with Gasteiger partial charge in [0, 0.05) is 13.6 Å². The molecule has 1 saturated carbocycles. The van der Waals surface area contributed by atoms with Crippen molar-refractivity contribution in [1.29, 1.82) is 0 Å². The molecule has 0 bridgehead atoms. The Bertz CT molecular complexity index is 618. The Hall–Kier alpha value is -1.83. The molecule has 8 heteroatoms. The average Bonchev–Trinajstić information content (AvgIpc) is 2.83. The molecular weight excluding hydrogens is 301 g/mol. The minimum atomic E-state index is -4.67. The summed E-state index contributed by atoms with van der Waals surface area (Å²) in [5, 5.41) is 10.2. The number of carbonyl (C=O) groups is 1. The zero-order valence-electron chi connectivity index (χ0n) is 12.0. The van der Waals surface area contributed by atoms with Crippen LogP contribution in [0.4, 0.5) is 13.2 Å². The van der Waals surface area contributed by atoms with Crippen LogP contribution >= 0.6 is 0 Å². The number of halogens is 3. The number of hydrogen-bond donors (Lipinski definition) is 2. The molecule has 0 aromatic carbocycles. The lowest BCUT2D eigenvalue weighted by atomic mass is 10.0. The number of H-pyrrole nitrogens is 1. The van der Waals surface area contributed by atoms with Crippen LogP contribution in [-0.2, 0) is 6.18 Å². The highest BCUT2D eigenvalue weighted by Crippen LogP contribution is 2.30. The Morgan fingerprint density at radius 2 is 1.95 bits per heavy atom. The molecule has 2 N–H and O–H groups in total. The number of aromatic amines is 1. The van der Waals surface area contributed by atoms with E-state index in [-0.39, 0.29) is 12.1 Å². The summed E-state index contributed by atoms with van der Waals surface area (Å²) in [7, 11) is 1.41. The SMILES string of the molecule is CN(CC1(O)CCCC1)C(=O)c1ccc(C(F)(F)F)[nH]c1=O. The van der Waals surface area contributed by atoms with Gasteiger partial charge in [-0.3, -0.25) is 9.59 Å². The van der Waals surface area contributed by atoms with E-state index in [1.54, 1.807) is 4.98 Å². The summed E-state index contributed by atoms with van der Waals surface area (Å²) in [6.07, 6.45) is -1.83. The molecule has 0 spiro atoms. The second-order valence-electron chi connectivity index (χ2n) is 5.71. The summed E-state index contributed by atoms with van der Waals surface area (Å²) in [6, 6.07) is 1.52. The third-order valence-corrected chi connectivity index (χ3v) is 3.86. The fourth-order valence-corrected chi connectivity index (χ4v) is 2.72. The monoisotopic (exact) mass is 318 g/mol. The topological polar surface area (TPSA) is 73.4 Å². The molecule has 0 saturated heterocycles. The van der Waals surface area contributed by atoms with Crippen molar-refractivity contribution in [2.45, 2.75) is 37.5 Å². The Morgan fingerprint density at radius 3 is 2.45 bits per heavy atom. The number of alkyl halides is 3. The Kier molecular flexibility index (Phi) is 4.32. The number of carbonyl (C=O) groups excluding carboxylic acids is 1. The van der Waals surface area contributed by atoms with Crippen molar-refractivity contribution in [2.75, 3.05) is 13.6 Å². The van der Waals surface area contributed by atoms with Gasteiger partial charge in [-0.05, 0) is 25.0 Å². The molecule has 0 aliphatic heterocycles. The van der Waals surface area contributed by atoms with Crippen molar-refractivity contribution < 1.29 is 23.1 Å². The fraction of sp³-hybridized carbons (Fsp3) is 0.571. The molecule has 122 valence electrons. The van der Waals surface area contributed by atoms with E-state index in [0.29, 0.717) is 18.9 Å². The maximum absolute atomic E-state index is 12.5. The van der Waals surface area contributed by atoms with Gasteiger partial charge in [-0.1, -0.05) is 12.8 Å². The van der Waals surface area contributed by atoms with Gasteiger partial charge in [0.15, 0.2) is 0 Å². The molecule has 5 nitrogen and oxygen atoms in total. The van der Waals surface area contributed by atoms with Crippen molar-refractivity contribution in [1.82, 2.24) is 9.88 Å². The van der Waals surface area contributed by atoms with Gasteiger partial charge in [0.05, 0.1) is 5.60 Å². The van der Waals surface area contributed by atoms with Crippen LogP contribution in [0.2, 0.25) is 0 Å². The van der Waals surface area contributed by atoms with E-state index in [1.807, 2.05) is 0 Å². The number of hydrogen-bond acceptors (Lipinski definition) is 3. The van der Waals surface area contributed by atoms with Crippen LogP contribution in [-0.4, -0.2) is 40.1 Å². The summed E-state index contributed by atoms with van der Waals surface area (Å²) in [5.74, 6) is -0.713. The van der Waals surface area contributed by atoms with Gasteiger partial charge in [0.25, 0.3) is 11.5 Å². The second-order valence-corrected chi connectivity index (χ2v) is 5.71. The summed E-state index contributed by atoms with van der Waals surface area (Å²) >= 11 is 0. The standard InChI is InChI=1S/C14H17F3N2O3/c1-19(8-13(22)6-2-3-7-13)12(21)9-4-5-10(14(15,16)17)18-11(9)20/h4-5,22H,2-3,6-8H2,1H3,(H,18,20). The van der Waals surface area contributed by atoms with Gasteiger partial charge in [-0.2, -0.15) is 13.2 Å². The molecule has 1 aliphatic rings. The van der Waals surface area contributed by atoms with Gasteiger partial charge in [0.1, 0.15) is 11.3 Å². The number of rotatable bonds is 3. The minimum Gasteiger partial charge on any atom is -0.388 e. The lowest BCUT2D eigenvalue weighted by molar-refractivity contribution is -0.141. The first-order chi connectivity index (χ1) is 10.1. The van der Waals surface area contributed by atoms with Gasteiger partial charge in [0.2, 0.25) is 0 Å². The van der Waals surface area contributed by atoms with Crippen LogP contribution in [0.25, 0.3) is 0 Å². The van der Waals surface area contributed by atoms with Crippen LogP contribution in [0.1, 0.15) is 41.7 Å². The third kappa shape index (κ3) is 3.49. The van der Waals surface area contributed by atoms with Gasteiger partial charge >= 0.3 is 6.18 Å². The smallest absolute Gasteiger partial charge is 0.388 e. The Morgan fingerprint density at radius 1 is 1.36 bits per heavy atom. The number of nitrogens with one attached hydrogen (secondary N) is 1. The molecule has 1 aromatic rings. The van der Waals surface area contributed by atoms with Crippen molar-refractivity contribution in [3.8, 4) is 0 Å². The van der Waals surface area contributed by atoms with E-state index >= 15 is 0 Å². The molecule has 1 aromatic heterocycles. The number of likely N-dealkylation sites (N-methyl/N-ethyl adjacent to an activating group) is 1. The number of pyridine rings is 1. The average molecular weight is 318 g/mol. The molecule has 1 amide bonds. The van der Waals surface area contributed by atoms with E-state index in [1.165, 1.54) is 11.9 Å². The lowest BCUT2D eigenvalue weighted by Gasteiger charge is -2.28. The molecule has 2 rings (SSSR count). The number of aliphatic hydroxyl groups is 1. The van der Waals surface area contributed by atoms with Crippen molar-refractivity contribution in [2.24, 2.45) is 0 Å². The molecule has 1 fully saturated rings. The van der Waals surface area contributed by atoms with Gasteiger partial charge in [-0.15, -0.1) is 0 Å². The Labute approximate surface area is 124 Å². The van der Waals surface area contributed by atoms with Crippen molar-refractivity contribution in [3.05, 3.63) is 33.7 Å². The first kappa shape index (κ1) is 16.5. The van der Waals surface area contributed by atoms with E-state index in [4.69, 9.17) is 0 Å². The normalized spacial score (nSPS) is 17.5. The van der Waals surface area contributed by atoms with E-state index in [2.05, 4.69) is 0 Å². The van der Waals surface area contributed by atoms with E-state index in [0.717, 1.165) is 18.9 Å². The van der Waals surface area contributed by atoms with Gasteiger partial charge < -0.3 is 15.0 Å². The first-order valence-corrected chi connectivity index (χ1v) is 6.91. The van der Waals surface area contributed by atoms with Crippen LogP contribution in [0.5, 0.6) is 0 Å². The minimum absolute atomic E-state index is 0.0479. The number of amides is 1. The summed E-state index contributed by atoms with van der Waals surface area (Å²) in [5.41, 5.74) is -3.66. The van der Waals surface area contributed by atoms with Crippen molar-refractivity contribution >= 4 is 5.91 Å². The summed E-state index contributed by atoms with van der Waals surface area (Å²) in [4.78, 5) is 26.7. The lowest BCUT2D eigenvalue weighted by Crippen LogP contribution is -2.43. The predicted molar refractivity (Wildman–Crippen MR) is 72.4 cm³/mol.